The molecular weight excluding hydrogens is 354 g/mol. The Morgan fingerprint density at radius 3 is 2.86 bits per heavy atom. The quantitative estimate of drug-likeness (QED) is 0.790. The zero-order valence-electron chi connectivity index (χ0n) is 12.4. The Labute approximate surface area is 135 Å². The van der Waals surface area contributed by atoms with Crippen molar-refractivity contribution in [3.8, 4) is 0 Å². The number of likely N-dealkylation sites (tertiary alicyclic amines) is 1. The second kappa shape index (κ2) is 6.64. The Balaban J connectivity index is 2.23. The van der Waals surface area contributed by atoms with Gasteiger partial charge in [0.1, 0.15) is 0 Å². The van der Waals surface area contributed by atoms with Gasteiger partial charge in [-0.1, -0.05) is 22.9 Å². The molecule has 3 N–H and O–H groups in total. The minimum absolute atomic E-state index is 0.0386. The van der Waals surface area contributed by atoms with E-state index < -0.39 is 10.0 Å². The molecule has 1 heterocycles. The van der Waals surface area contributed by atoms with Gasteiger partial charge < -0.3 is 10.6 Å². The molecule has 1 atom stereocenters. The van der Waals surface area contributed by atoms with Crippen molar-refractivity contribution in [1.29, 1.82) is 0 Å². The molecule has 1 fully saturated rings. The molecule has 1 aliphatic rings. The van der Waals surface area contributed by atoms with Crippen LogP contribution < -0.4 is 10.5 Å². The van der Waals surface area contributed by atoms with Gasteiger partial charge in [0, 0.05) is 22.7 Å². The molecule has 1 aromatic carbocycles. The number of piperidine rings is 1. The van der Waals surface area contributed by atoms with E-state index in [-0.39, 0.29) is 10.9 Å². The van der Waals surface area contributed by atoms with E-state index in [1.165, 1.54) is 0 Å². The standard InChI is InChI=1S/C14H22BrN3O2S/c1-3-18-6-4-5-12(9-18)17-21(19,20)14-8-11(15)7-13(16)10(14)2/h7-8,12,17H,3-6,9,16H2,1-2H3. The van der Waals surface area contributed by atoms with Crippen LogP contribution >= 0.6 is 15.9 Å². The first-order valence-corrected chi connectivity index (χ1v) is 9.41. The molecule has 118 valence electrons. The number of benzene rings is 1. The Hall–Kier alpha value is -0.630. The molecule has 2 rings (SSSR count). The molecule has 0 amide bonds. The fraction of sp³-hybridized carbons (Fsp3) is 0.571. The van der Waals surface area contributed by atoms with Crippen LogP contribution in [0.1, 0.15) is 25.3 Å². The summed E-state index contributed by atoms with van der Waals surface area (Å²) < 4.78 is 28.7. The maximum absolute atomic E-state index is 12.6. The Bertz CT molecular complexity index is 619. The second-order valence-electron chi connectivity index (χ2n) is 5.47. The Kier molecular flexibility index (Phi) is 5.29. The van der Waals surface area contributed by atoms with Gasteiger partial charge in [0.2, 0.25) is 10.0 Å². The first-order valence-electron chi connectivity index (χ1n) is 7.13. The lowest BCUT2D eigenvalue weighted by Gasteiger charge is -2.32. The van der Waals surface area contributed by atoms with Crippen LogP contribution in [0, 0.1) is 6.92 Å². The number of hydrogen-bond donors (Lipinski definition) is 2. The first-order chi connectivity index (χ1) is 9.83. The van der Waals surface area contributed by atoms with Crippen molar-refractivity contribution in [3.63, 3.8) is 0 Å². The van der Waals surface area contributed by atoms with E-state index in [0.29, 0.717) is 15.7 Å². The Morgan fingerprint density at radius 2 is 2.19 bits per heavy atom. The fourth-order valence-electron chi connectivity index (χ4n) is 2.68. The first kappa shape index (κ1) is 16.7. The van der Waals surface area contributed by atoms with Crippen molar-refractivity contribution >= 4 is 31.6 Å². The smallest absolute Gasteiger partial charge is 0.241 e. The highest BCUT2D eigenvalue weighted by Crippen LogP contribution is 2.26. The number of sulfonamides is 1. The number of hydrogen-bond acceptors (Lipinski definition) is 4. The highest BCUT2D eigenvalue weighted by atomic mass is 79.9. The lowest BCUT2D eigenvalue weighted by Crippen LogP contribution is -2.47. The van der Waals surface area contributed by atoms with Crippen molar-refractivity contribution in [1.82, 2.24) is 9.62 Å². The highest BCUT2D eigenvalue weighted by Gasteiger charge is 2.26. The molecule has 1 aromatic rings. The molecule has 1 unspecified atom stereocenters. The van der Waals surface area contributed by atoms with E-state index in [4.69, 9.17) is 5.73 Å². The molecule has 0 aromatic heterocycles. The zero-order valence-corrected chi connectivity index (χ0v) is 14.8. The predicted octanol–water partition coefficient (Wildman–Crippen LogP) is 2.10. The van der Waals surface area contributed by atoms with Crippen LogP contribution in [0.5, 0.6) is 0 Å². The SMILES string of the molecule is CCN1CCCC(NS(=O)(=O)c2cc(Br)cc(N)c2C)C1. The van der Waals surface area contributed by atoms with Crippen LogP contribution in [0.4, 0.5) is 5.69 Å². The number of likely N-dealkylation sites (N-methyl/N-ethyl adjacent to an activating group) is 1. The van der Waals surface area contributed by atoms with Gasteiger partial charge in [-0.2, -0.15) is 0 Å². The number of rotatable bonds is 4. The molecule has 21 heavy (non-hydrogen) atoms. The van der Waals surface area contributed by atoms with Gasteiger partial charge >= 0.3 is 0 Å². The van der Waals surface area contributed by atoms with Crippen LogP contribution in [0.3, 0.4) is 0 Å². The topological polar surface area (TPSA) is 75.4 Å². The van der Waals surface area contributed by atoms with Crippen LogP contribution in [-0.2, 0) is 10.0 Å². The largest absolute Gasteiger partial charge is 0.398 e. The van der Waals surface area contributed by atoms with Crippen LogP contribution in [0.2, 0.25) is 0 Å². The summed E-state index contributed by atoms with van der Waals surface area (Å²) in [5, 5.41) is 0. The summed E-state index contributed by atoms with van der Waals surface area (Å²) in [6.45, 7) is 6.57. The summed E-state index contributed by atoms with van der Waals surface area (Å²) in [5.74, 6) is 0. The number of nitrogen functional groups attached to an aromatic ring is 1. The van der Waals surface area contributed by atoms with Gasteiger partial charge in [-0.05, 0) is 50.6 Å². The van der Waals surface area contributed by atoms with E-state index in [9.17, 15) is 8.42 Å². The van der Waals surface area contributed by atoms with E-state index in [0.717, 1.165) is 32.5 Å². The van der Waals surface area contributed by atoms with Gasteiger partial charge in [0.25, 0.3) is 0 Å². The number of nitrogens with two attached hydrogens (primary N) is 1. The summed E-state index contributed by atoms with van der Waals surface area (Å²) in [6.07, 6.45) is 1.89. The summed E-state index contributed by atoms with van der Waals surface area (Å²) in [4.78, 5) is 2.52. The molecule has 0 aliphatic carbocycles. The minimum atomic E-state index is -3.55. The van der Waals surface area contributed by atoms with Crippen LogP contribution in [-0.4, -0.2) is 39.0 Å². The van der Waals surface area contributed by atoms with Gasteiger partial charge in [-0.25, -0.2) is 13.1 Å². The predicted molar refractivity (Wildman–Crippen MR) is 88.7 cm³/mol. The van der Waals surface area contributed by atoms with Gasteiger partial charge in [-0.3, -0.25) is 0 Å². The van der Waals surface area contributed by atoms with Crippen LogP contribution in [0.25, 0.3) is 0 Å². The molecule has 7 heteroatoms. The van der Waals surface area contributed by atoms with Crippen molar-refractivity contribution in [2.24, 2.45) is 0 Å². The number of nitrogens with one attached hydrogen (secondary N) is 1. The molecule has 0 radical (unpaired) electrons. The number of anilines is 1. The van der Waals surface area contributed by atoms with E-state index >= 15 is 0 Å². The molecule has 0 bridgehead atoms. The summed E-state index contributed by atoms with van der Waals surface area (Å²) in [6, 6.07) is 3.28. The lowest BCUT2D eigenvalue weighted by molar-refractivity contribution is 0.211. The third kappa shape index (κ3) is 3.97. The van der Waals surface area contributed by atoms with Crippen molar-refractivity contribution in [3.05, 3.63) is 22.2 Å². The summed E-state index contributed by atoms with van der Waals surface area (Å²) >= 11 is 3.31. The van der Waals surface area contributed by atoms with Gasteiger partial charge in [0.05, 0.1) is 4.90 Å². The third-order valence-electron chi connectivity index (χ3n) is 3.93. The van der Waals surface area contributed by atoms with Crippen molar-refractivity contribution in [2.45, 2.75) is 37.6 Å². The van der Waals surface area contributed by atoms with E-state index in [1.54, 1.807) is 19.1 Å². The minimum Gasteiger partial charge on any atom is -0.398 e. The molecule has 5 nitrogen and oxygen atoms in total. The third-order valence-corrected chi connectivity index (χ3v) is 6.03. The number of nitrogens with zero attached hydrogens (tertiary/aromatic N) is 1. The second-order valence-corrected chi connectivity index (χ2v) is 8.07. The van der Waals surface area contributed by atoms with Gasteiger partial charge in [0.15, 0.2) is 0 Å². The average molecular weight is 376 g/mol. The van der Waals surface area contributed by atoms with Crippen molar-refractivity contribution in [2.75, 3.05) is 25.4 Å². The average Bonchev–Trinajstić information content (AvgIpc) is 2.42. The highest BCUT2D eigenvalue weighted by molar-refractivity contribution is 9.10. The molecule has 1 aliphatic heterocycles. The maximum Gasteiger partial charge on any atom is 0.241 e. The molecular formula is C14H22BrN3O2S. The zero-order chi connectivity index (χ0) is 15.6. The summed E-state index contributed by atoms with van der Waals surface area (Å²) in [7, 11) is -3.55. The fourth-order valence-corrected chi connectivity index (χ4v) is 4.86. The maximum atomic E-state index is 12.6. The van der Waals surface area contributed by atoms with Crippen molar-refractivity contribution < 1.29 is 8.42 Å². The lowest BCUT2D eigenvalue weighted by atomic mass is 10.1. The molecule has 1 saturated heterocycles. The van der Waals surface area contributed by atoms with Gasteiger partial charge in [-0.15, -0.1) is 0 Å². The van der Waals surface area contributed by atoms with Crippen LogP contribution in [0.15, 0.2) is 21.5 Å². The van der Waals surface area contributed by atoms with E-state index in [2.05, 4.69) is 32.5 Å². The number of halogens is 1. The molecule has 0 spiro atoms. The normalized spacial score (nSPS) is 20.6. The molecule has 0 saturated carbocycles. The van der Waals surface area contributed by atoms with E-state index in [1.807, 2.05) is 0 Å². The summed E-state index contributed by atoms with van der Waals surface area (Å²) in [5.41, 5.74) is 6.93. The Morgan fingerprint density at radius 1 is 1.48 bits per heavy atom. The monoisotopic (exact) mass is 375 g/mol.